The van der Waals surface area contributed by atoms with Crippen LogP contribution in [0, 0.1) is 18.3 Å². The van der Waals surface area contributed by atoms with E-state index in [0.29, 0.717) is 33.0 Å². The fourth-order valence-electron chi connectivity index (χ4n) is 5.53. The average Bonchev–Trinajstić information content (AvgIpc) is 3.07. The molecule has 1 amide bonds. The van der Waals surface area contributed by atoms with E-state index in [0.717, 1.165) is 22.3 Å². The molecule has 1 unspecified atom stereocenters. The number of carboxylic acid groups (broad SMARTS) is 1. The van der Waals surface area contributed by atoms with E-state index in [1.165, 1.54) is 55.1 Å². The number of pyridine rings is 1. The number of rotatable bonds is 10. The van der Waals surface area contributed by atoms with E-state index in [1.807, 2.05) is 43.3 Å². The van der Waals surface area contributed by atoms with Crippen LogP contribution in [0.4, 0.5) is 5.69 Å². The van der Waals surface area contributed by atoms with E-state index in [9.17, 15) is 29.5 Å². The topological polar surface area (TPSA) is 138 Å². The molecule has 48 heavy (non-hydrogen) atoms. The summed E-state index contributed by atoms with van der Waals surface area (Å²) in [6.07, 6.45) is 1.55. The summed E-state index contributed by atoms with van der Waals surface area (Å²) in [6, 6.07) is 25.9. The smallest absolute Gasteiger partial charge is 0.335 e. The van der Waals surface area contributed by atoms with Gasteiger partial charge in [-0.1, -0.05) is 41.9 Å². The number of aromatic carboxylic acids is 1. The highest BCUT2D eigenvalue weighted by Gasteiger charge is 2.25. The van der Waals surface area contributed by atoms with E-state index in [2.05, 4.69) is 11.4 Å². The van der Waals surface area contributed by atoms with Crippen LogP contribution in [0.5, 0.6) is 5.75 Å². The molecule has 0 saturated carbocycles. The molecule has 0 spiro atoms. The maximum atomic E-state index is 13.9. The summed E-state index contributed by atoms with van der Waals surface area (Å²) in [7, 11) is 1.43. The van der Waals surface area contributed by atoms with Crippen LogP contribution < -0.4 is 15.6 Å². The normalized spacial score (nSPS) is 11.3. The Kier molecular flexibility index (Phi) is 9.88. The number of Topliss-reactive ketones (excluding diaryl/α,β-unsaturated/α-hetero) is 1. The van der Waals surface area contributed by atoms with Crippen LogP contribution >= 0.6 is 11.6 Å². The molecule has 4 aromatic carbocycles. The number of ether oxygens (including phenoxy) is 1. The van der Waals surface area contributed by atoms with Gasteiger partial charge < -0.3 is 15.2 Å². The minimum Gasteiger partial charge on any atom is -0.495 e. The van der Waals surface area contributed by atoms with Crippen LogP contribution in [0.1, 0.15) is 50.4 Å². The molecule has 1 heterocycles. The number of nitrogens with zero attached hydrogens (tertiary/aromatic N) is 2. The number of nitriles is 1. The summed E-state index contributed by atoms with van der Waals surface area (Å²) >= 11 is 6.26. The van der Waals surface area contributed by atoms with Gasteiger partial charge in [0.15, 0.2) is 5.78 Å². The van der Waals surface area contributed by atoms with Gasteiger partial charge in [0.05, 0.1) is 30.5 Å². The largest absolute Gasteiger partial charge is 0.495 e. The number of carbonyl (C=O) groups excluding carboxylic acids is 2. The summed E-state index contributed by atoms with van der Waals surface area (Å²) in [6.45, 7) is 3.34. The first-order valence-electron chi connectivity index (χ1n) is 14.8. The molecule has 5 rings (SSSR count). The number of aromatic nitrogens is 1. The number of nitrogens with one attached hydrogen (secondary N) is 1. The molecule has 1 atom stereocenters. The lowest BCUT2D eigenvalue weighted by atomic mass is 9.96. The number of anilines is 1. The number of methoxy groups -OCH3 is 1. The van der Waals surface area contributed by atoms with Crippen molar-refractivity contribution in [3.63, 3.8) is 0 Å². The zero-order valence-corrected chi connectivity index (χ0v) is 27.0. The molecule has 0 aliphatic heterocycles. The van der Waals surface area contributed by atoms with Gasteiger partial charge >= 0.3 is 5.97 Å². The van der Waals surface area contributed by atoms with Crippen molar-refractivity contribution in [2.24, 2.45) is 0 Å². The molecule has 0 bridgehead atoms. The zero-order chi connectivity index (χ0) is 34.5. The van der Waals surface area contributed by atoms with Gasteiger partial charge in [-0.2, -0.15) is 5.26 Å². The van der Waals surface area contributed by atoms with E-state index in [-0.39, 0.29) is 23.5 Å². The number of ketones is 1. The van der Waals surface area contributed by atoms with Crippen LogP contribution in [0.2, 0.25) is 5.02 Å². The Hall–Kier alpha value is -5.98. The second-order valence-corrected chi connectivity index (χ2v) is 11.6. The van der Waals surface area contributed by atoms with Crippen LogP contribution in [0.15, 0.2) is 102 Å². The molecule has 0 fully saturated rings. The van der Waals surface area contributed by atoms with E-state index in [1.54, 1.807) is 24.3 Å². The Balaban J connectivity index is 1.56. The third kappa shape index (κ3) is 7.20. The van der Waals surface area contributed by atoms with Crippen LogP contribution in [-0.2, 0) is 11.2 Å². The van der Waals surface area contributed by atoms with Crippen molar-refractivity contribution >= 4 is 34.9 Å². The van der Waals surface area contributed by atoms with Gasteiger partial charge in [-0.15, -0.1) is 0 Å². The molecule has 1 aromatic heterocycles. The van der Waals surface area contributed by atoms with Gasteiger partial charge in [0.1, 0.15) is 11.8 Å². The fraction of sp³-hybridized carbons (Fsp3) is 0.132. The highest BCUT2D eigenvalue weighted by molar-refractivity contribution is 6.31. The number of benzene rings is 4. The third-order valence-corrected chi connectivity index (χ3v) is 8.24. The summed E-state index contributed by atoms with van der Waals surface area (Å²) in [4.78, 5) is 51.5. The number of carbonyl (C=O) groups is 3. The second-order valence-electron chi connectivity index (χ2n) is 11.2. The molecule has 2 N–H and O–H groups in total. The minimum atomic E-state index is -1.10. The Morgan fingerprint density at radius 3 is 2.25 bits per heavy atom. The predicted octanol–water partition coefficient (Wildman–Crippen LogP) is 7.35. The Morgan fingerprint density at radius 2 is 1.65 bits per heavy atom. The van der Waals surface area contributed by atoms with E-state index >= 15 is 0 Å². The summed E-state index contributed by atoms with van der Waals surface area (Å²) in [5.41, 5.74) is 5.16. The van der Waals surface area contributed by atoms with Gasteiger partial charge in [0.2, 0.25) is 5.91 Å². The molecular weight excluding hydrogens is 630 g/mol. The first-order chi connectivity index (χ1) is 23.0. The highest BCUT2D eigenvalue weighted by Crippen LogP contribution is 2.34. The first kappa shape index (κ1) is 33.4. The zero-order valence-electron chi connectivity index (χ0n) is 26.3. The maximum Gasteiger partial charge on any atom is 0.335 e. The SMILES string of the molecule is COc1cn(C(Cc2ccc(-c3ccc(C#N)cc3C)cc2)C(=O)Nc2ccc(C(=O)O)cc2)c(=O)cc1-c1cc(Cl)ccc1C(C)=O. The van der Waals surface area contributed by atoms with Crippen molar-refractivity contribution in [3.8, 4) is 34.1 Å². The average molecular weight is 660 g/mol. The van der Waals surface area contributed by atoms with Gasteiger partial charge in [0.25, 0.3) is 5.56 Å². The molecule has 9 nitrogen and oxygen atoms in total. The highest BCUT2D eigenvalue weighted by atomic mass is 35.5. The summed E-state index contributed by atoms with van der Waals surface area (Å²) in [5.74, 6) is -1.60. The minimum absolute atomic E-state index is 0.0598. The lowest BCUT2D eigenvalue weighted by Crippen LogP contribution is -2.34. The van der Waals surface area contributed by atoms with Crippen LogP contribution in [0.3, 0.4) is 0 Å². The second kappa shape index (κ2) is 14.2. The number of hydrogen-bond donors (Lipinski definition) is 2. The molecule has 240 valence electrons. The van der Waals surface area contributed by atoms with E-state index in [4.69, 9.17) is 16.3 Å². The van der Waals surface area contributed by atoms with Crippen molar-refractivity contribution in [2.75, 3.05) is 12.4 Å². The molecule has 0 saturated heterocycles. The van der Waals surface area contributed by atoms with Crippen molar-refractivity contribution in [3.05, 3.63) is 140 Å². The lowest BCUT2D eigenvalue weighted by Gasteiger charge is -2.22. The van der Waals surface area contributed by atoms with Crippen molar-refractivity contribution in [1.29, 1.82) is 5.26 Å². The monoisotopic (exact) mass is 659 g/mol. The Labute approximate surface area is 281 Å². The summed E-state index contributed by atoms with van der Waals surface area (Å²) < 4.78 is 6.95. The number of aryl methyl sites for hydroxylation is 1. The molecule has 5 aromatic rings. The van der Waals surface area contributed by atoms with Crippen LogP contribution in [0.25, 0.3) is 22.3 Å². The van der Waals surface area contributed by atoms with Gasteiger partial charge in [-0.25, -0.2) is 4.79 Å². The molecule has 0 radical (unpaired) electrons. The van der Waals surface area contributed by atoms with Crippen LogP contribution in [-0.4, -0.2) is 34.4 Å². The summed E-state index contributed by atoms with van der Waals surface area (Å²) in [5, 5.41) is 21.7. The van der Waals surface area contributed by atoms with Crippen molar-refractivity contribution < 1.29 is 24.2 Å². The third-order valence-electron chi connectivity index (χ3n) is 8.00. The Morgan fingerprint density at radius 1 is 0.938 bits per heavy atom. The van der Waals surface area contributed by atoms with Gasteiger partial charge in [-0.3, -0.25) is 19.0 Å². The fourth-order valence-corrected chi connectivity index (χ4v) is 5.70. The molecule has 10 heteroatoms. The molecule has 0 aliphatic carbocycles. The first-order valence-corrected chi connectivity index (χ1v) is 15.2. The van der Waals surface area contributed by atoms with Gasteiger partial charge in [0, 0.05) is 34.3 Å². The van der Waals surface area contributed by atoms with E-state index < -0.39 is 23.5 Å². The quantitative estimate of drug-likeness (QED) is 0.150. The molecule has 0 aliphatic rings. The lowest BCUT2D eigenvalue weighted by molar-refractivity contribution is -0.119. The van der Waals surface area contributed by atoms with Gasteiger partial charge in [-0.05, 0) is 96.3 Å². The predicted molar refractivity (Wildman–Crippen MR) is 184 cm³/mol. The Bertz CT molecular complexity index is 2150. The number of halogens is 1. The number of carboxylic acids is 1. The maximum absolute atomic E-state index is 13.9. The van der Waals surface area contributed by atoms with Crippen molar-refractivity contribution in [1.82, 2.24) is 4.57 Å². The van der Waals surface area contributed by atoms with Crippen molar-refractivity contribution in [2.45, 2.75) is 26.3 Å². The molecular formula is C38H30ClN3O6. The number of hydrogen-bond acceptors (Lipinski definition) is 6. The standard InChI is InChI=1S/C38H30ClN3O6/c1-22-16-25(20-40)6-14-30(22)26-7-4-24(5-8-26)17-34(37(45)41-29-12-9-27(10-13-29)38(46)47)42-21-35(48-3)33(19-36(42)44)32-18-28(39)11-15-31(32)23(2)43/h4-16,18-19,21,34H,17H2,1-3H3,(H,41,45)(H,46,47). The number of amides is 1.